The Bertz CT molecular complexity index is 1650. The van der Waals surface area contributed by atoms with Gasteiger partial charge < -0.3 is 10.5 Å². The van der Waals surface area contributed by atoms with Crippen molar-refractivity contribution in [2.24, 2.45) is 0 Å². The standard InChI is InChI=1S/C24H20F4N6O4S2/c1-3-38-22(35)17-19(29)34(32-21(17)39-2)20-16(13-5-4-6-15(11-13)33-40(36)37)18(12-7-9-14(25)10-8-12)30-23(31-20)24(26,27)28/h4-11,40H,3,29H2,1-2H3,(H,33,36,37). The number of nitrogens with zero attached hydrogens (tertiary/aromatic N) is 4. The molecule has 4 aromatic rings. The average molecular weight is 597 g/mol. The number of rotatable bonds is 8. The first-order valence-corrected chi connectivity index (χ1v) is 13.7. The number of thiol groups is 1. The topological polar surface area (TPSA) is 142 Å². The summed E-state index contributed by atoms with van der Waals surface area (Å²) in [6.45, 7) is 1.58. The minimum Gasteiger partial charge on any atom is -0.462 e. The second kappa shape index (κ2) is 11.5. The SMILES string of the molecule is CCOC(=O)c1c(SC)nn(-c2nc(C(F)(F)F)nc(-c3ccc(F)cc3)c2-c2cccc(N[SH](=O)=O)c2)c1N. The fourth-order valence-electron chi connectivity index (χ4n) is 3.77. The van der Waals surface area contributed by atoms with E-state index in [0.29, 0.717) is 0 Å². The molecule has 0 aliphatic rings. The molecule has 0 bridgehead atoms. The predicted molar refractivity (Wildman–Crippen MR) is 141 cm³/mol. The average Bonchev–Trinajstić information content (AvgIpc) is 3.24. The maximum atomic E-state index is 14.1. The maximum Gasteiger partial charge on any atom is 0.451 e. The van der Waals surface area contributed by atoms with Crippen LogP contribution in [0.1, 0.15) is 23.1 Å². The number of esters is 1. The molecule has 0 aliphatic carbocycles. The summed E-state index contributed by atoms with van der Waals surface area (Å²) in [5.41, 5.74) is 6.10. The van der Waals surface area contributed by atoms with Gasteiger partial charge in [0.05, 0.1) is 17.9 Å². The Balaban J connectivity index is 2.14. The molecule has 0 unspecified atom stereocenters. The van der Waals surface area contributed by atoms with Gasteiger partial charge in [-0.3, -0.25) is 4.72 Å². The molecule has 0 spiro atoms. The van der Waals surface area contributed by atoms with Crippen LogP contribution in [0.3, 0.4) is 0 Å². The van der Waals surface area contributed by atoms with Gasteiger partial charge in [-0.25, -0.2) is 27.6 Å². The zero-order valence-corrected chi connectivity index (χ0v) is 22.4. The molecule has 40 heavy (non-hydrogen) atoms. The van der Waals surface area contributed by atoms with Crippen molar-refractivity contribution < 1.29 is 35.5 Å². The Morgan fingerprint density at radius 1 is 1.12 bits per heavy atom. The van der Waals surface area contributed by atoms with E-state index in [0.717, 1.165) is 28.6 Å². The minimum absolute atomic E-state index is 0.00469. The normalized spacial score (nSPS) is 11.6. The molecule has 16 heteroatoms. The molecule has 2 aromatic heterocycles. The van der Waals surface area contributed by atoms with Gasteiger partial charge in [0, 0.05) is 11.3 Å². The lowest BCUT2D eigenvalue weighted by atomic mass is 9.98. The molecule has 0 atom stereocenters. The molecule has 10 nitrogen and oxygen atoms in total. The molecule has 0 saturated carbocycles. The van der Waals surface area contributed by atoms with E-state index < -0.39 is 40.5 Å². The first-order valence-electron chi connectivity index (χ1n) is 11.3. The van der Waals surface area contributed by atoms with Gasteiger partial charge in [-0.05, 0) is 55.1 Å². The van der Waals surface area contributed by atoms with Gasteiger partial charge in [0.2, 0.25) is 16.7 Å². The van der Waals surface area contributed by atoms with E-state index in [9.17, 15) is 30.8 Å². The van der Waals surface area contributed by atoms with Crippen LogP contribution < -0.4 is 10.5 Å². The van der Waals surface area contributed by atoms with Gasteiger partial charge in [0.15, 0.2) is 5.82 Å². The minimum atomic E-state index is -5.03. The third kappa shape index (κ3) is 5.86. The van der Waals surface area contributed by atoms with Crippen molar-refractivity contribution >= 4 is 40.1 Å². The Morgan fingerprint density at radius 3 is 2.42 bits per heavy atom. The van der Waals surface area contributed by atoms with Crippen LogP contribution in [0.25, 0.3) is 28.2 Å². The Morgan fingerprint density at radius 2 is 1.82 bits per heavy atom. The van der Waals surface area contributed by atoms with E-state index in [4.69, 9.17) is 10.5 Å². The first kappa shape index (κ1) is 28.8. The van der Waals surface area contributed by atoms with Crippen molar-refractivity contribution in [1.82, 2.24) is 19.7 Å². The molecule has 0 aliphatic heterocycles. The summed E-state index contributed by atoms with van der Waals surface area (Å²) in [7, 11) is -3.07. The van der Waals surface area contributed by atoms with Crippen molar-refractivity contribution in [1.29, 1.82) is 0 Å². The summed E-state index contributed by atoms with van der Waals surface area (Å²) < 4.78 is 86.6. The Hall–Kier alpha value is -4.18. The highest BCUT2D eigenvalue weighted by Crippen LogP contribution is 2.40. The van der Waals surface area contributed by atoms with Crippen LogP contribution in [0.4, 0.5) is 29.1 Å². The van der Waals surface area contributed by atoms with Crippen LogP contribution in [0.15, 0.2) is 53.6 Å². The number of aromatic nitrogens is 4. The number of nitrogens with two attached hydrogens (primary N) is 1. The van der Waals surface area contributed by atoms with Crippen molar-refractivity contribution in [2.75, 3.05) is 23.3 Å². The van der Waals surface area contributed by atoms with E-state index in [2.05, 4.69) is 19.8 Å². The van der Waals surface area contributed by atoms with Crippen LogP contribution in [0.2, 0.25) is 0 Å². The zero-order valence-electron chi connectivity index (χ0n) is 20.7. The van der Waals surface area contributed by atoms with Crippen LogP contribution in [0, 0.1) is 5.82 Å². The molecule has 0 saturated heterocycles. The largest absolute Gasteiger partial charge is 0.462 e. The van der Waals surface area contributed by atoms with E-state index in [-0.39, 0.29) is 51.1 Å². The number of nitrogens with one attached hydrogen (secondary N) is 1. The molecule has 2 heterocycles. The summed E-state index contributed by atoms with van der Waals surface area (Å²) in [6, 6.07) is 10.2. The van der Waals surface area contributed by atoms with E-state index in [1.807, 2.05) is 0 Å². The second-order valence-electron chi connectivity index (χ2n) is 7.95. The fourth-order valence-corrected chi connectivity index (χ4v) is 4.68. The molecule has 0 amide bonds. The molecule has 0 fully saturated rings. The van der Waals surface area contributed by atoms with E-state index in [1.165, 1.54) is 36.4 Å². The molecular weight excluding hydrogens is 576 g/mol. The summed E-state index contributed by atoms with van der Waals surface area (Å²) in [5, 5.41) is 4.32. The number of halogens is 4. The number of benzene rings is 2. The first-order chi connectivity index (χ1) is 18.9. The van der Waals surface area contributed by atoms with Crippen molar-refractivity contribution in [3.8, 4) is 28.2 Å². The van der Waals surface area contributed by atoms with Crippen LogP contribution in [-0.4, -0.2) is 47.0 Å². The summed E-state index contributed by atoms with van der Waals surface area (Å²) in [5.74, 6) is -3.85. The Labute approximate surface area is 230 Å². The lowest BCUT2D eigenvalue weighted by Gasteiger charge is -2.18. The van der Waals surface area contributed by atoms with Gasteiger partial charge >= 0.3 is 12.1 Å². The summed E-state index contributed by atoms with van der Waals surface area (Å²) in [6.07, 6.45) is -3.44. The number of carbonyl (C=O) groups excluding carboxylic acids is 1. The number of anilines is 2. The molecule has 3 N–H and O–H groups in total. The van der Waals surface area contributed by atoms with E-state index in [1.54, 1.807) is 13.2 Å². The predicted octanol–water partition coefficient (Wildman–Crippen LogP) is 4.57. The number of hydrogen-bond acceptors (Lipinski definition) is 9. The number of alkyl halides is 3. The highest BCUT2D eigenvalue weighted by molar-refractivity contribution is 7.98. The van der Waals surface area contributed by atoms with Crippen molar-refractivity contribution in [2.45, 2.75) is 18.1 Å². The van der Waals surface area contributed by atoms with Crippen molar-refractivity contribution in [3.05, 3.63) is 65.7 Å². The van der Waals surface area contributed by atoms with Crippen molar-refractivity contribution in [3.63, 3.8) is 0 Å². The smallest absolute Gasteiger partial charge is 0.451 e. The third-order valence-electron chi connectivity index (χ3n) is 5.40. The third-order valence-corrected chi connectivity index (χ3v) is 6.51. The lowest BCUT2D eigenvalue weighted by Crippen LogP contribution is -2.17. The number of hydrogen-bond donors (Lipinski definition) is 3. The fraction of sp³-hybridized carbons (Fsp3) is 0.167. The molecule has 0 radical (unpaired) electrons. The van der Waals surface area contributed by atoms with Gasteiger partial charge in [0.1, 0.15) is 22.2 Å². The lowest BCUT2D eigenvalue weighted by molar-refractivity contribution is -0.144. The molecule has 210 valence electrons. The number of thioether (sulfide) groups is 1. The maximum absolute atomic E-state index is 14.1. The monoisotopic (exact) mass is 596 g/mol. The number of ether oxygens (including phenoxy) is 1. The van der Waals surface area contributed by atoms with Gasteiger partial charge in [-0.2, -0.15) is 23.0 Å². The van der Waals surface area contributed by atoms with E-state index >= 15 is 0 Å². The van der Waals surface area contributed by atoms with Gasteiger partial charge in [-0.1, -0.05) is 12.1 Å². The quantitative estimate of drug-likeness (QED) is 0.115. The molecular formula is C24H20F4N6O4S2. The number of carbonyl (C=O) groups is 1. The summed E-state index contributed by atoms with van der Waals surface area (Å²) in [4.78, 5) is 20.2. The highest BCUT2D eigenvalue weighted by Gasteiger charge is 2.38. The molecule has 2 aromatic carbocycles. The van der Waals surface area contributed by atoms with Crippen LogP contribution in [0.5, 0.6) is 0 Å². The number of nitrogen functional groups attached to an aromatic ring is 1. The Kier molecular flexibility index (Phi) is 8.29. The zero-order chi connectivity index (χ0) is 29.2. The van der Waals surface area contributed by atoms with Gasteiger partial charge in [-0.15, -0.1) is 11.8 Å². The second-order valence-corrected chi connectivity index (χ2v) is 9.48. The van der Waals surface area contributed by atoms with Crippen LogP contribution in [-0.2, 0) is 21.8 Å². The molecule has 4 rings (SSSR count). The van der Waals surface area contributed by atoms with Crippen LogP contribution >= 0.6 is 11.8 Å². The highest BCUT2D eigenvalue weighted by atomic mass is 32.2. The van der Waals surface area contributed by atoms with Gasteiger partial charge in [0.25, 0.3) is 0 Å². The summed E-state index contributed by atoms with van der Waals surface area (Å²) >= 11 is 1.00.